The standard InChI is InChI=1S/C18H15N5O/c24-17(14-3-1-7-19-12-14)23-10-6-13-11-15(4-5-16(13)23)22-18-20-8-2-9-21-18/h1-5,7-9,11-12H,6,10H2,(H,20,21,22). The predicted molar refractivity (Wildman–Crippen MR) is 91.4 cm³/mol. The molecule has 1 N–H and O–H groups in total. The molecule has 0 atom stereocenters. The molecular weight excluding hydrogens is 302 g/mol. The van der Waals surface area contributed by atoms with Crippen LogP contribution in [0.15, 0.2) is 61.2 Å². The lowest BCUT2D eigenvalue weighted by Gasteiger charge is -2.17. The Kier molecular flexibility index (Phi) is 3.63. The van der Waals surface area contributed by atoms with E-state index in [9.17, 15) is 4.79 Å². The summed E-state index contributed by atoms with van der Waals surface area (Å²) in [6.07, 6.45) is 7.47. The van der Waals surface area contributed by atoms with Crippen LogP contribution in [0, 0.1) is 0 Å². The molecule has 1 aromatic carbocycles. The van der Waals surface area contributed by atoms with Gasteiger partial charge in [0.2, 0.25) is 5.95 Å². The fourth-order valence-corrected chi connectivity index (χ4v) is 2.83. The Morgan fingerprint density at radius 2 is 1.96 bits per heavy atom. The number of fused-ring (bicyclic) bond motifs is 1. The molecule has 0 saturated heterocycles. The van der Waals surface area contributed by atoms with E-state index in [0.717, 1.165) is 23.4 Å². The Labute approximate surface area is 139 Å². The topological polar surface area (TPSA) is 71.0 Å². The van der Waals surface area contributed by atoms with Gasteiger partial charge < -0.3 is 10.2 Å². The molecule has 2 aromatic heterocycles. The average molecular weight is 317 g/mol. The third kappa shape index (κ3) is 2.69. The van der Waals surface area contributed by atoms with Gasteiger partial charge in [0, 0.05) is 42.7 Å². The zero-order chi connectivity index (χ0) is 16.4. The first-order valence-corrected chi connectivity index (χ1v) is 7.70. The smallest absolute Gasteiger partial charge is 0.259 e. The number of rotatable bonds is 3. The SMILES string of the molecule is O=C(c1cccnc1)N1CCc2cc(Nc3ncccn3)ccc21. The zero-order valence-electron chi connectivity index (χ0n) is 12.9. The van der Waals surface area contributed by atoms with Crippen LogP contribution in [0.25, 0.3) is 0 Å². The normalized spacial score (nSPS) is 12.8. The molecule has 0 bridgehead atoms. The summed E-state index contributed by atoms with van der Waals surface area (Å²) in [7, 11) is 0. The van der Waals surface area contributed by atoms with Crippen molar-refractivity contribution in [2.24, 2.45) is 0 Å². The van der Waals surface area contributed by atoms with E-state index in [-0.39, 0.29) is 5.91 Å². The van der Waals surface area contributed by atoms with Gasteiger partial charge in [-0.2, -0.15) is 0 Å². The molecule has 0 fully saturated rings. The Morgan fingerprint density at radius 3 is 2.75 bits per heavy atom. The molecule has 1 aliphatic heterocycles. The van der Waals surface area contributed by atoms with Gasteiger partial charge in [0.15, 0.2) is 0 Å². The Balaban J connectivity index is 1.58. The summed E-state index contributed by atoms with van der Waals surface area (Å²) in [5.74, 6) is 0.535. The van der Waals surface area contributed by atoms with Crippen molar-refractivity contribution in [1.29, 1.82) is 0 Å². The number of nitrogens with one attached hydrogen (secondary N) is 1. The molecule has 3 heterocycles. The summed E-state index contributed by atoms with van der Waals surface area (Å²) < 4.78 is 0. The highest BCUT2D eigenvalue weighted by atomic mass is 16.2. The second-order valence-corrected chi connectivity index (χ2v) is 5.49. The summed E-state index contributed by atoms with van der Waals surface area (Å²) in [4.78, 5) is 26.8. The number of nitrogens with zero attached hydrogens (tertiary/aromatic N) is 4. The molecule has 3 aromatic rings. The molecule has 6 nitrogen and oxygen atoms in total. The van der Waals surface area contributed by atoms with Crippen molar-refractivity contribution < 1.29 is 4.79 Å². The van der Waals surface area contributed by atoms with Gasteiger partial charge in [-0.1, -0.05) is 0 Å². The van der Waals surface area contributed by atoms with Gasteiger partial charge in [0.1, 0.15) is 0 Å². The first kappa shape index (κ1) is 14.3. The predicted octanol–water partition coefficient (Wildman–Crippen LogP) is 2.82. The number of aromatic nitrogens is 3. The van der Waals surface area contributed by atoms with Gasteiger partial charge in [-0.3, -0.25) is 9.78 Å². The molecule has 1 aliphatic rings. The molecule has 0 spiro atoms. The van der Waals surface area contributed by atoms with E-state index < -0.39 is 0 Å². The fraction of sp³-hybridized carbons (Fsp3) is 0.111. The van der Waals surface area contributed by atoms with E-state index in [0.29, 0.717) is 18.1 Å². The molecule has 24 heavy (non-hydrogen) atoms. The quantitative estimate of drug-likeness (QED) is 0.804. The number of pyridine rings is 1. The van der Waals surface area contributed by atoms with Gasteiger partial charge in [-0.05, 0) is 48.4 Å². The van der Waals surface area contributed by atoms with Crippen LogP contribution in [-0.4, -0.2) is 27.4 Å². The van der Waals surface area contributed by atoms with Crippen molar-refractivity contribution in [2.75, 3.05) is 16.8 Å². The summed E-state index contributed by atoms with van der Waals surface area (Å²) in [6.45, 7) is 0.675. The maximum atomic E-state index is 12.6. The summed E-state index contributed by atoms with van der Waals surface area (Å²) in [6, 6.07) is 11.3. The maximum Gasteiger partial charge on any atom is 0.259 e. The molecule has 0 unspecified atom stereocenters. The summed E-state index contributed by atoms with van der Waals surface area (Å²) >= 11 is 0. The third-order valence-corrected chi connectivity index (χ3v) is 3.95. The minimum absolute atomic E-state index is 0.0195. The van der Waals surface area contributed by atoms with Crippen LogP contribution in [0.2, 0.25) is 0 Å². The van der Waals surface area contributed by atoms with E-state index in [2.05, 4.69) is 20.3 Å². The van der Waals surface area contributed by atoms with Crippen molar-refractivity contribution in [3.8, 4) is 0 Å². The van der Waals surface area contributed by atoms with E-state index >= 15 is 0 Å². The average Bonchev–Trinajstić information content (AvgIpc) is 3.06. The van der Waals surface area contributed by atoms with E-state index in [1.54, 1.807) is 47.9 Å². The first-order valence-electron chi connectivity index (χ1n) is 7.70. The number of amides is 1. The van der Waals surface area contributed by atoms with Crippen LogP contribution in [0.1, 0.15) is 15.9 Å². The van der Waals surface area contributed by atoms with Gasteiger partial charge in [-0.15, -0.1) is 0 Å². The second kappa shape index (κ2) is 6.08. The fourth-order valence-electron chi connectivity index (χ4n) is 2.83. The molecular formula is C18H15N5O. The monoisotopic (exact) mass is 317 g/mol. The molecule has 0 aliphatic carbocycles. The molecule has 0 saturated carbocycles. The van der Waals surface area contributed by atoms with Gasteiger partial charge in [-0.25, -0.2) is 9.97 Å². The summed E-state index contributed by atoms with van der Waals surface area (Å²) in [5, 5.41) is 3.17. The van der Waals surface area contributed by atoms with Crippen LogP contribution in [-0.2, 0) is 6.42 Å². The van der Waals surface area contributed by atoms with Gasteiger partial charge in [0.05, 0.1) is 5.56 Å². The third-order valence-electron chi connectivity index (χ3n) is 3.95. The van der Waals surface area contributed by atoms with E-state index in [4.69, 9.17) is 0 Å². The number of benzene rings is 1. The largest absolute Gasteiger partial charge is 0.324 e. The van der Waals surface area contributed by atoms with Crippen molar-refractivity contribution in [2.45, 2.75) is 6.42 Å². The first-order chi connectivity index (χ1) is 11.8. The van der Waals surface area contributed by atoms with Crippen molar-refractivity contribution in [3.63, 3.8) is 0 Å². The van der Waals surface area contributed by atoms with Gasteiger partial charge >= 0.3 is 0 Å². The number of anilines is 3. The number of hydrogen-bond acceptors (Lipinski definition) is 5. The highest BCUT2D eigenvalue weighted by molar-refractivity contribution is 6.07. The Hall–Kier alpha value is -3.28. The number of hydrogen-bond donors (Lipinski definition) is 1. The van der Waals surface area contributed by atoms with Crippen LogP contribution in [0.4, 0.5) is 17.3 Å². The lowest BCUT2D eigenvalue weighted by Crippen LogP contribution is -2.28. The molecule has 0 radical (unpaired) electrons. The minimum Gasteiger partial charge on any atom is -0.324 e. The number of carbonyl (C=O) groups is 1. The molecule has 118 valence electrons. The zero-order valence-corrected chi connectivity index (χ0v) is 12.9. The molecule has 6 heteroatoms. The van der Waals surface area contributed by atoms with E-state index in [1.165, 1.54) is 0 Å². The van der Waals surface area contributed by atoms with Crippen molar-refractivity contribution in [1.82, 2.24) is 15.0 Å². The lowest BCUT2D eigenvalue weighted by molar-refractivity contribution is 0.0989. The van der Waals surface area contributed by atoms with Crippen LogP contribution in [0.3, 0.4) is 0 Å². The van der Waals surface area contributed by atoms with E-state index in [1.807, 2.05) is 18.2 Å². The lowest BCUT2D eigenvalue weighted by atomic mass is 10.1. The number of carbonyl (C=O) groups excluding carboxylic acids is 1. The van der Waals surface area contributed by atoms with Crippen LogP contribution >= 0.6 is 0 Å². The summed E-state index contributed by atoms with van der Waals surface area (Å²) in [5.41, 5.74) is 3.59. The van der Waals surface area contributed by atoms with Crippen molar-refractivity contribution in [3.05, 3.63) is 72.3 Å². The maximum absolute atomic E-state index is 12.6. The minimum atomic E-state index is -0.0195. The molecule has 1 amide bonds. The highest BCUT2D eigenvalue weighted by Crippen LogP contribution is 2.32. The Bertz CT molecular complexity index is 867. The Morgan fingerprint density at radius 1 is 1.08 bits per heavy atom. The molecule has 4 rings (SSSR count). The van der Waals surface area contributed by atoms with Crippen LogP contribution < -0.4 is 10.2 Å². The van der Waals surface area contributed by atoms with Crippen molar-refractivity contribution >= 4 is 23.2 Å². The van der Waals surface area contributed by atoms with Crippen LogP contribution in [0.5, 0.6) is 0 Å². The second-order valence-electron chi connectivity index (χ2n) is 5.49. The highest BCUT2D eigenvalue weighted by Gasteiger charge is 2.25. The van der Waals surface area contributed by atoms with Gasteiger partial charge in [0.25, 0.3) is 5.91 Å².